The van der Waals surface area contributed by atoms with Crippen molar-refractivity contribution >= 4 is 0 Å². The minimum absolute atomic E-state index is 0.339. The highest BCUT2D eigenvalue weighted by Gasteiger charge is 2.30. The standard InChI is InChI=1S/C16H34N2O/c1-6-10-17-15(16(2,3)4)9-11-18(12-13-19-5)14-7-8-14/h14-15,17H,6-13H2,1-5H3. The van der Waals surface area contributed by atoms with Gasteiger partial charge in [-0.25, -0.2) is 0 Å². The van der Waals surface area contributed by atoms with Gasteiger partial charge in [-0.1, -0.05) is 27.7 Å². The molecule has 0 aromatic rings. The average Bonchev–Trinajstić information content (AvgIpc) is 3.15. The molecular formula is C16H34N2O. The number of hydrogen-bond acceptors (Lipinski definition) is 3. The lowest BCUT2D eigenvalue weighted by molar-refractivity contribution is 0.133. The topological polar surface area (TPSA) is 24.5 Å². The summed E-state index contributed by atoms with van der Waals surface area (Å²) < 4.78 is 5.23. The van der Waals surface area contributed by atoms with E-state index < -0.39 is 0 Å². The van der Waals surface area contributed by atoms with Crippen molar-refractivity contribution < 1.29 is 4.74 Å². The lowest BCUT2D eigenvalue weighted by Gasteiger charge is -2.34. The molecule has 0 aromatic heterocycles. The number of hydrogen-bond donors (Lipinski definition) is 1. The van der Waals surface area contributed by atoms with Gasteiger partial charge in [-0.15, -0.1) is 0 Å². The molecule has 1 atom stereocenters. The van der Waals surface area contributed by atoms with E-state index in [9.17, 15) is 0 Å². The Kier molecular flexibility index (Phi) is 7.33. The summed E-state index contributed by atoms with van der Waals surface area (Å²) in [7, 11) is 1.80. The molecule has 19 heavy (non-hydrogen) atoms. The first-order chi connectivity index (χ1) is 8.99. The maximum Gasteiger partial charge on any atom is 0.0589 e. The molecule has 0 heterocycles. The average molecular weight is 270 g/mol. The zero-order valence-electron chi connectivity index (χ0n) is 13.7. The number of rotatable bonds is 10. The Balaban J connectivity index is 2.39. The summed E-state index contributed by atoms with van der Waals surface area (Å²) in [4.78, 5) is 2.62. The Labute approximate surface area is 120 Å². The van der Waals surface area contributed by atoms with Gasteiger partial charge in [-0.3, -0.25) is 4.90 Å². The molecule has 1 rings (SSSR count). The monoisotopic (exact) mass is 270 g/mol. The van der Waals surface area contributed by atoms with E-state index in [2.05, 4.69) is 37.9 Å². The second-order valence-electron chi connectivity index (χ2n) is 6.92. The van der Waals surface area contributed by atoms with E-state index in [-0.39, 0.29) is 0 Å². The van der Waals surface area contributed by atoms with Crippen LogP contribution in [0.2, 0.25) is 0 Å². The molecule has 0 aromatic carbocycles. The smallest absolute Gasteiger partial charge is 0.0589 e. The van der Waals surface area contributed by atoms with Crippen molar-refractivity contribution in [2.75, 3.05) is 33.4 Å². The summed E-state index contributed by atoms with van der Waals surface area (Å²) >= 11 is 0. The lowest BCUT2D eigenvalue weighted by atomic mass is 9.84. The van der Waals surface area contributed by atoms with E-state index in [0.29, 0.717) is 11.5 Å². The minimum Gasteiger partial charge on any atom is -0.383 e. The van der Waals surface area contributed by atoms with Crippen LogP contribution in [0.1, 0.15) is 53.4 Å². The van der Waals surface area contributed by atoms with Crippen LogP contribution in [-0.2, 0) is 4.74 Å². The van der Waals surface area contributed by atoms with Gasteiger partial charge in [0.15, 0.2) is 0 Å². The number of nitrogens with one attached hydrogen (secondary N) is 1. The third kappa shape index (κ3) is 6.73. The highest BCUT2D eigenvalue weighted by atomic mass is 16.5. The summed E-state index contributed by atoms with van der Waals surface area (Å²) in [6.45, 7) is 13.5. The van der Waals surface area contributed by atoms with Gasteiger partial charge < -0.3 is 10.1 Å². The largest absolute Gasteiger partial charge is 0.383 e. The molecule has 1 saturated carbocycles. The summed E-state index contributed by atoms with van der Waals surface area (Å²) in [6.07, 6.45) is 5.21. The van der Waals surface area contributed by atoms with E-state index in [1.807, 2.05) is 0 Å². The van der Waals surface area contributed by atoms with E-state index in [1.165, 1.54) is 32.2 Å². The SMILES string of the molecule is CCCNC(CCN(CCOC)C1CC1)C(C)(C)C. The van der Waals surface area contributed by atoms with Crippen LogP contribution < -0.4 is 5.32 Å². The maximum absolute atomic E-state index is 5.23. The van der Waals surface area contributed by atoms with Crippen LogP contribution in [0.3, 0.4) is 0 Å². The molecule has 1 aliphatic rings. The van der Waals surface area contributed by atoms with E-state index >= 15 is 0 Å². The third-order valence-corrected chi connectivity index (χ3v) is 4.04. The molecular weight excluding hydrogens is 236 g/mol. The van der Waals surface area contributed by atoms with Gasteiger partial charge in [-0.05, 0) is 37.6 Å². The molecule has 1 aliphatic carbocycles. The summed E-state index contributed by atoms with van der Waals surface area (Å²) in [5.41, 5.74) is 0.339. The van der Waals surface area contributed by atoms with Crippen LogP contribution >= 0.6 is 0 Å². The molecule has 114 valence electrons. The van der Waals surface area contributed by atoms with Gasteiger partial charge in [0.25, 0.3) is 0 Å². The molecule has 0 spiro atoms. The Morgan fingerprint density at radius 1 is 1.26 bits per heavy atom. The highest BCUT2D eigenvalue weighted by Crippen LogP contribution is 2.28. The van der Waals surface area contributed by atoms with E-state index in [0.717, 1.165) is 25.7 Å². The Morgan fingerprint density at radius 2 is 1.95 bits per heavy atom. The van der Waals surface area contributed by atoms with Crippen molar-refractivity contribution in [3.8, 4) is 0 Å². The third-order valence-electron chi connectivity index (χ3n) is 4.04. The van der Waals surface area contributed by atoms with Gasteiger partial charge in [0.05, 0.1) is 6.61 Å². The first kappa shape index (κ1) is 16.9. The molecule has 0 saturated heterocycles. The Bertz CT molecular complexity index is 233. The van der Waals surface area contributed by atoms with Crippen LogP contribution in [0, 0.1) is 5.41 Å². The van der Waals surface area contributed by atoms with E-state index in [1.54, 1.807) is 7.11 Å². The van der Waals surface area contributed by atoms with Crippen LogP contribution in [0.25, 0.3) is 0 Å². The molecule has 3 heteroatoms. The van der Waals surface area contributed by atoms with Gasteiger partial charge in [0.2, 0.25) is 0 Å². The highest BCUT2D eigenvalue weighted by molar-refractivity contribution is 4.87. The van der Waals surface area contributed by atoms with Gasteiger partial charge in [-0.2, -0.15) is 0 Å². The first-order valence-electron chi connectivity index (χ1n) is 7.95. The van der Waals surface area contributed by atoms with Gasteiger partial charge in [0, 0.05) is 32.3 Å². The van der Waals surface area contributed by atoms with Crippen molar-refractivity contribution in [3.05, 3.63) is 0 Å². The van der Waals surface area contributed by atoms with Gasteiger partial charge in [0.1, 0.15) is 0 Å². The van der Waals surface area contributed by atoms with Gasteiger partial charge >= 0.3 is 0 Å². The molecule has 1 N–H and O–H groups in total. The molecule has 0 radical (unpaired) electrons. The first-order valence-corrected chi connectivity index (χ1v) is 7.95. The number of methoxy groups -OCH3 is 1. The molecule has 3 nitrogen and oxygen atoms in total. The lowest BCUT2D eigenvalue weighted by Crippen LogP contribution is -2.44. The predicted octanol–water partition coefficient (Wildman–Crippen LogP) is 2.90. The fourth-order valence-corrected chi connectivity index (χ4v) is 2.58. The van der Waals surface area contributed by atoms with E-state index in [4.69, 9.17) is 4.74 Å². The molecule has 0 aliphatic heterocycles. The quantitative estimate of drug-likeness (QED) is 0.660. The minimum atomic E-state index is 0.339. The maximum atomic E-state index is 5.23. The number of ether oxygens (including phenoxy) is 1. The zero-order valence-corrected chi connectivity index (χ0v) is 13.7. The Morgan fingerprint density at radius 3 is 2.42 bits per heavy atom. The summed E-state index contributed by atoms with van der Waals surface area (Å²) in [6, 6.07) is 1.44. The van der Waals surface area contributed by atoms with Crippen molar-refractivity contribution in [1.82, 2.24) is 10.2 Å². The van der Waals surface area contributed by atoms with Crippen molar-refractivity contribution in [2.24, 2.45) is 5.41 Å². The van der Waals surface area contributed by atoms with Crippen molar-refractivity contribution in [2.45, 2.75) is 65.5 Å². The van der Waals surface area contributed by atoms with Crippen LogP contribution in [0.15, 0.2) is 0 Å². The summed E-state index contributed by atoms with van der Waals surface area (Å²) in [5, 5.41) is 3.72. The van der Waals surface area contributed by atoms with Crippen LogP contribution in [-0.4, -0.2) is 50.3 Å². The normalized spacial score (nSPS) is 18.0. The summed E-state index contributed by atoms with van der Waals surface area (Å²) in [5.74, 6) is 0. The fraction of sp³-hybridized carbons (Fsp3) is 1.00. The molecule has 0 amide bonds. The molecule has 1 fully saturated rings. The fourth-order valence-electron chi connectivity index (χ4n) is 2.58. The predicted molar refractivity (Wildman–Crippen MR) is 82.6 cm³/mol. The van der Waals surface area contributed by atoms with Crippen LogP contribution in [0.4, 0.5) is 0 Å². The van der Waals surface area contributed by atoms with Crippen molar-refractivity contribution in [3.63, 3.8) is 0 Å². The van der Waals surface area contributed by atoms with Crippen LogP contribution in [0.5, 0.6) is 0 Å². The zero-order chi connectivity index (χ0) is 14.3. The number of nitrogens with zero attached hydrogens (tertiary/aromatic N) is 1. The second-order valence-corrected chi connectivity index (χ2v) is 6.92. The molecule has 1 unspecified atom stereocenters. The molecule has 0 bridgehead atoms. The second kappa shape index (κ2) is 8.23. The Hall–Kier alpha value is -0.120. The van der Waals surface area contributed by atoms with Crippen molar-refractivity contribution in [1.29, 1.82) is 0 Å².